The minimum absolute atomic E-state index is 0.185. The molecular formula is C16H25N3O. The van der Waals surface area contributed by atoms with Gasteiger partial charge < -0.3 is 15.0 Å². The lowest BCUT2D eigenvalue weighted by Gasteiger charge is -2.60. The molecule has 1 aromatic rings. The van der Waals surface area contributed by atoms with Gasteiger partial charge in [-0.25, -0.2) is 4.98 Å². The molecular weight excluding hydrogens is 250 g/mol. The number of rotatable bonds is 3. The Labute approximate surface area is 121 Å². The lowest BCUT2D eigenvalue weighted by molar-refractivity contribution is -0.177. The van der Waals surface area contributed by atoms with E-state index in [-0.39, 0.29) is 5.41 Å². The molecule has 1 saturated carbocycles. The molecule has 0 aromatic carbocycles. The second-order valence-electron chi connectivity index (χ2n) is 6.81. The van der Waals surface area contributed by atoms with Crippen molar-refractivity contribution >= 4 is 11.5 Å². The summed E-state index contributed by atoms with van der Waals surface area (Å²) in [5.74, 6) is 1.64. The molecule has 2 heterocycles. The summed E-state index contributed by atoms with van der Waals surface area (Å²) < 4.78 is 5.97. The first-order valence-electron chi connectivity index (χ1n) is 7.52. The van der Waals surface area contributed by atoms with Crippen LogP contribution >= 0.6 is 0 Å². The van der Waals surface area contributed by atoms with E-state index in [4.69, 9.17) is 4.74 Å². The Balaban J connectivity index is 1.81. The molecule has 0 bridgehead atoms. The van der Waals surface area contributed by atoms with Crippen molar-refractivity contribution in [3.8, 4) is 0 Å². The van der Waals surface area contributed by atoms with Gasteiger partial charge in [0, 0.05) is 44.3 Å². The van der Waals surface area contributed by atoms with Gasteiger partial charge in [0.2, 0.25) is 0 Å². The minimum Gasteiger partial charge on any atom is -0.378 e. The number of fused-ring (bicyclic) bond motifs is 1. The normalized spacial score (nSPS) is 31.1. The lowest BCUT2D eigenvalue weighted by Crippen LogP contribution is -2.67. The first-order valence-corrected chi connectivity index (χ1v) is 7.52. The van der Waals surface area contributed by atoms with Crippen molar-refractivity contribution < 1.29 is 4.74 Å². The summed E-state index contributed by atoms with van der Waals surface area (Å²) in [6, 6.07) is 4.58. The van der Waals surface area contributed by atoms with Crippen LogP contribution in [0.5, 0.6) is 0 Å². The first kappa shape index (κ1) is 13.7. The Hall–Kier alpha value is -1.29. The highest BCUT2D eigenvalue weighted by Crippen LogP contribution is 2.52. The van der Waals surface area contributed by atoms with Crippen molar-refractivity contribution in [2.24, 2.45) is 11.3 Å². The lowest BCUT2D eigenvalue weighted by atomic mass is 9.55. The number of anilines is 2. The second-order valence-corrected chi connectivity index (χ2v) is 6.81. The zero-order valence-corrected chi connectivity index (χ0v) is 12.9. The van der Waals surface area contributed by atoms with Crippen molar-refractivity contribution in [3.05, 3.63) is 18.3 Å². The number of pyridine rings is 1. The molecule has 3 atom stereocenters. The van der Waals surface area contributed by atoms with Crippen LogP contribution in [0.2, 0.25) is 0 Å². The quantitative estimate of drug-likeness (QED) is 0.920. The molecule has 1 aliphatic carbocycles. The molecule has 4 nitrogen and oxygen atoms in total. The van der Waals surface area contributed by atoms with Gasteiger partial charge in [-0.3, -0.25) is 0 Å². The van der Waals surface area contributed by atoms with Crippen molar-refractivity contribution in [1.82, 2.24) is 4.98 Å². The van der Waals surface area contributed by atoms with Gasteiger partial charge in [0.1, 0.15) is 0 Å². The number of aromatic nitrogens is 1. The van der Waals surface area contributed by atoms with Gasteiger partial charge in [-0.05, 0) is 25.0 Å². The molecule has 2 aliphatic rings. The summed E-state index contributed by atoms with van der Waals surface area (Å²) in [4.78, 5) is 6.53. The average Bonchev–Trinajstić information content (AvgIpc) is 2.45. The van der Waals surface area contributed by atoms with Crippen LogP contribution in [-0.4, -0.2) is 37.8 Å². The molecule has 3 rings (SSSR count). The van der Waals surface area contributed by atoms with Crippen LogP contribution < -0.4 is 10.2 Å². The summed E-state index contributed by atoms with van der Waals surface area (Å²) in [6.45, 7) is 5.54. The highest BCUT2D eigenvalue weighted by atomic mass is 16.5. The molecule has 1 aromatic heterocycles. The van der Waals surface area contributed by atoms with Crippen molar-refractivity contribution in [2.45, 2.75) is 38.8 Å². The predicted molar refractivity (Wildman–Crippen MR) is 82.2 cm³/mol. The summed E-state index contributed by atoms with van der Waals surface area (Å²) in [6.07, 6.45) is 4.71. The molecule has 3 unspecified atom stereocenters. The van der Waals surface area contributed by atoms with E-state index < -0.39 is 0 Å². The zero-order valence-electron chi connectivity index (χ0n) is 12.9. The van der Waals surface area contributed by atoms with Gasteiger partial charge in [-0.2, -0.15) is 0 Å². The fourth-order valence-electron chi connectivity index (χ4n) is 3.85. The van der Waals surface area contributed by atoms with Crippen LogP contribution in [0.4, 0.5) is 11.5 Å². The van der Waals surface area contributed by atoms with Crippen LogP contribution in [0.3, 0.4) is 0 Å². The Morgan fingerprint density at radius 1 is 1.40 bits per heavy atom. The Morgan fingerprint density at radius 2 is 2.20 bits per heavy atom. The maximum absolute atomic E-state index is 5.97. The largest absolute Gasteiger partial charge is 0.378 e. The van der Waals surface area contributed by atoms with E-state index >= 15 is 0 Å². The molecule has 20 heavy (non-hydrogen) atoms. The zero-order chi connectivity index (χ0) is 14.3. The molecule has 1 aliphatic heterocycles. The third kappa shape index (κ3) is 2.06. The highest BCUT2D eigenvalue weighted by Gasteiger charge is 2.58. The molecule has 0 amide bonds. The van der Waals surface area contributed by atoms with Crippen molar-refractivity contribution in [1.29, 1.82) is 0 Å². The van der Waals surface area contributed by atoms with E-state index in [9.17, 15) is 0 Å². The van der Waals surface area contributed by atoms with E-state index in [1.165, 1.54) is 12.8 Å². The summed E-state index contributed by atoms with van der Waals surface area (Å²) in [5.41, 5.74) is 1.31. The van der Waals surface area contributed by atoms with Gasteiger partial charge in [0.05, 0.1) is 11.8 Å². The van der Waals surface area contributed by atoms with Gasteiger partial charge >= 0.3 is 0 Å². The van der Waals surface area contributed by atoms with E-state index in [0.29, 0.717) is 18.1 Å². The average molecular weight is 275 g/mol. The topological polar surface area (TPSA) is 37.4 Å². The van der Waals surface area contributed by atoms with Gasteiger partial charge in [0.15, 0.2) is 5.82 Å². The molecule has 0 radical (unpaired) electrons. The number of ether oxygens (including phenoxy) is 1. The molecule has 110 valence electrons. The maximum atomic E-state index is 5.97. The monoisotopic (exact) mass is 275 g/mol. The van der Waals surface area contributed by atoms with Gasteiger partial charge in [0.25, 0.3) is 0 Å². The fourth-order valence-corrected chi connectivity index (χ4v) is 3.85. The van der Waals surface area contributed by atoms with Gasteiger partial charge in [-0.15, -0.1) is 0 Å². The maximum Gasteiger partial charge on any atom is 0.151 e. The number of nitrogens with one attached hydrogen (secondary N) is 1. The summed E-state index contributed by atoms with van der Waals surface area (Å²) in [7, 11) is 4.07. The van der Waals surface area contributed by atoms with Crippen LogP contribution in [0.25, 0.3) is 0 Å². The molecule has 4 heteroatoms. The van der Waals surface area contributed by atoms with Crippen LogP contribution in [0.1, 0.15) is 26.7 Å². The Morgan fingerprint density at radius 3 is 2.95 bits per heavy atom. The molecule has 1 N–H and O–H groups in total. The van der Waals surface area contributed by atoms with E-state index in [0.717, 1.165) is 18.1 Å². The van der Waals surface area contributed by atoms with Gasteiger partial charge in [-0.1, -0.05) is 13.8 Å². The SMILES string of the molecule is CN(C)c1ncccc1NC1C2CCCOC2C1(C)C. The van der Waals surface area contributed by atoms with E-state index in [1.807, 2.05) is 26.4 Å². The van der Waals surface area contributed by atoms with E-state index in [2.05, 4.69) is 35.1 Å². The third-order valence-corrected chi connectivity index (χ3v) is 4.85. The molecule has 0 spiro atoms. The third-order valence-electron chi connectivity index (χ3n) is 4.85. The fraction of sp³-hybridized carbons (Fsp3) is 0.688. The number of nitrogens with zero attached hydrogens (tertiary/aromatic N) is 2. The smallest absolute Gasteiger partial charge is 0.151 e. The minimum atomic E-state index is 0.185. The Kier molecular flexibility index (Phi) is 3.36. The highest BCUT2D eigenvalue weighted by molar-refractivity contribution is 5.65. The second kappa shape index (κ2) is 4.92. The van der Waals surface area contributed by atoms with Crippen molar-refractivity contribution in [3.63, 3.8) is 0 Å². The predicted octanol–water partition coefficient (Wildman–Crippen LogP) is 2.76. The standard InChI is InChI=1S/C16H25N3O/c1-16(2)13(11-7-6-10-20-14(11)16)18-12-8-5-9-17-15(12)19(3)4/h5,8-9,11,13-14,18H,6-7,10H2,1-4H3. The molecule has 1 saturated heterocycles. The number of hydrogen-bond acceptors (Lipinski definition) is 4. The number of hydrogen-bond donors (Lipinski definition) is 1. The first-order chi connectivity index (χ1) is 9.51. The summed E-state index contributed by atoms with van der Waals surface area (Å²) in [5, 5.41) is 3.73. The van der Waals surface area contributed by atoms with Crippen LogP contribution in [0, 0.1) is 11.3 Å². The molecule has 2 fully saturated rings. The van der Waals surface area contributed by atoms with E-state index in [1.54, 1.807) is 0 Å². The van der Waals surface area contributed by atoms with Crippen LogP contribution in [0.15, 0.2) is 18.3 Å². The van der Waals surface area contributed by atoms with Crippen LogP contribution in [-0.2, 0) is 4.74 Å². The Bertz CT molecular complexity index is 486. The van der Waals surface area contributed by atoms with Crippen molar-refractivity contribution in [2.75, 3.05) is 30.9 Å². The summed E-state index contributed by atoms with van der Waals surface area (Å²) >= 11 is 0.